The molecular weight excluding hydrogens is 328 g/mol. The van der Waals surface area contributed by atoms with Gasteiger partial charge in [-0.05, 0) is 41.8 Å². The lowest BCUT2D eigenvalue weighted by Gasteiger charge is -2.29. The van der Waals surface area contributed by atoms with Gasteiger partial charge in [0, 0.05) is 24.7 Å². The quantitative estimate of drug-likeness (QED) is 0.727. The largest absolute Gasteiger partial charge is 0.493 e. The molecule has 0 atom stereocenters. The van der Waals surface area contributed by atoms with E-state index in [2.05, 4.69) is 4.98 Å². The van der Waals surface area contributed by atoms with E-state index in [-0.39, 0.29) is 5.91 Å². The van der Waals surface area contributed by atoms with E-state index in [0.29, 0.717) is 24.4 Å². The summed E-state index contributed by atoms with van der Waals surface area (Å²) in [5, 5.41) is 0.974. The smallest absolute Gasteiger partial charge is 0.255 e. The first-order valence-electron chi connectivity index (χ1n) is 8.57. The second-order valence-corrected chi connectivity index (χ2v) is 6.37. The lowest BCUT2D eigenvalue weighted by molar-refractivity contribution is 0.0734. The Hall–Kier alpha value is -3.08. The van der Waals surface area contributed by atoms with E-state index in [1.54, 1.807) is 20.4 Å². The molecule has 132 valence electrons. The Kier molecular flexibility index (Phi) is 4.21. The van der Waals surface area contributed by atoms with E-state index >= 15 is 0 Å². The number of pyridine rings is 1. The van der Waals surface area contributed by atoms with Crippen molar-refractivity contribution in [1.82, 2.24) is 9.88 Å². The van der Waals surface area contributed by atoms with Crippen LogP contribution in [0.3, 0.4) is 0 Å². The van der Waals surface area contributed by atoms with Crippen LogP contribution in [-0.2, 0) is 13.0 Å². The van der Waals surface area contributed by atoms with Gasteiger partial charge < -0.3 is 14.4 Å². The Morgan fingerprint density at radius 1 is 1.04 bits per heavy atom. The van der Waals surface area contributed by atoms with Gasteiger partial charge in [0.15, 0.2) is 11.5 Å². The molecule has 0 spiro atoms. The van der Waals surface area contributed by atoms with E-state index in [0.717, 1.165) is 28.6 Å². The third-order valence-electron chi connectivity index (χ3n) is 4.84. The van der Waals surface area contributed by atoms with Crippen LogP contribution in [0, 0.1) is 0 Å². The number of rotatable bonds is 3. The second kappa shape index (κ2) is 6.67. The summed E-state index contributed by atoms with van der Waals surface area (Å²) in [5.74, 6) is 1.42. The molecule has 2 aromatic carbocycles. The van der Waals surface area contributed by atoms with Crippen LogP contribution in [-0.4, -0.2) is 36.6 Å². The summed E-state index contributed by atoms with van der Waals surface area (Å²) in [6.07, 6.45) is 2.46. The average Bonchev–Trinajstić information content (AvgIpc) is 2.71. The molecule has 5 heteroatoms. The molecule has 1 aliphatic rings. The highest BCUT2D eigenvalue weighted by molar-refractivity contribution is 5.97. The molecular formula is C21H20N2O3. The molecule has 1 aliphatic heterocycles. The molecule has 0 unspecified atom stereocenters. The number of hydrogen-bond acceptors (Lipinski definition) is 4. The zero-order valence-corrected chi connectivity index (χ0v) is 14.9. The van der Waals surface area contributed by atoms with Gasteiger partial charge in [0.25, 0.3) is 5.91 Å². The van der Waals surface area contributed by atoms with Crippen LogP contribution >= 0.6 is 0 Å². The first-order valence-corrected chi connectivity index (χ1v) is 8.57. The van der Waals surface area contributed by atoms with Crippen LogP contribution in [0.15, 0.2) is 48.7 Å². The molecule has 1 amide bonds. The zero-order chi connectivity index (χ0) is 18.1. The van der Waals surface area contributed by atoms with Crippen LogP contribution < -0.4 is 9.47 Å². The normalized spacial score (nSPS) is 13.4. The van der Waals surface area contributed by atoms with Gasteiger partial charge in [0.2, 0.25) is 0 Å². The minimum atomic E-state index is 0.00341. The number of carbonyl (C=O) groups excluding carboxylic acids is 1. The Labute approximate surface area is 152 Å². The number of carbonyl (C=O) groups is 1. The van der Waals surface area contributed by atoms with Crippen LogP contribution in [0.2, 0.25) is 0 Å². The van der Waals surface area contributed by atoms with Gasteiger partial charge in [-0.3, -0.25) is 9.78 Å². The van der Waals surface area contributed by atoms with Crippen molar-refractivity contribution in [2.45, 2.75) is 13.0 Å². The number of methoxy groups -OCH3 is 2. The molecule has 5 nitrogen and oxygen atoms in total. The van der Waals surface area contributed by atoms with E-state index in [4.69, 9.17) is 9.47 Å². The molecule has 4 rings (SSSR count). The number of para-hydroxylation sites is 1. The van der Waals surface area contributed by atoms with Gasteiger partial charge in [-0.15, -0.1) is 0 Å². The fourth-order valence-electron chi connectivity index (χ4n) is 3.43. The maximum absolute atomic E-state index is 13.0. The number of amides is 1. The molecule has 0 bridgehead atoms. The number of hydrogen-bond donors (Lipinski definition) is 0. The molecule has 0 saturated heterocycles. The van der Waals surface area contributed by atoms with Crippen molar-refractivity contribution in [2.75, 3.05) is 20.8 Å². The Morgan fingerprint density at radius 3 is 2.54 bits per heavy atom. The second-order valence-electron chi connectivity index (χ2n) is 6.37. The molecule has 0 N–H and O–H groups in total. The molecule has 26 heavy (non-hydrogen) atoms. The molecule has 0 fully saturated rings. The topological polar surface area (TPSA) is 51.7 Å². The lowest BCUT2D eigenvalue weighted by atomic mass is 9.98. The van der Waals surface area contributed by atoms with Crippen molar-refractivity contribution in [1.29, 1.82) is 0 Å². The number of nitrogens with zero attached hydrogens (tertiary/aromatic N) is 2. The van der Waals surface area contributed by atoms with Gasteiger partial charge in [-0.25, -0.2) is 0 Å². The Morgan fingerprint density at radius 2 is 1.77 bits per heavy atom. The summed E-state index contributed by atoms with van der Waals surface area (Å²) in [4.78, 5) is 19.2. The fourth-order valence-corrected chi connectivity index (χ4v) is 3.43. The predicted molar refractivity (Wildman–Crippen MR) is 99.7 cm³/mol. The van der Waals surface area contributed by atoms with Crippen molar-refractivity contribution in [3.63, 3.8) is 0 Å². The molecule has 0 saturated carbocycles. The number of fused-ring (bicyclic) bond motifs is 2. The minimum Gasteiger partial charge on any atom is -0.493 e. The summed E-state index contributed by atoms with van der Waals surface area (Å²) < 4.78 is 10.8. The monoisotopic (exact) mass is 348 g/mol. The van der Waals surface area contributed by atoms with Crippen molar-refractivity contribution in [3.8, 4) is 11.5 Å². The number of benzene rings is 2. The molecule has 3 aromatic rings. The highest BCUT2D eigenvalue weighted by atomic mass is 16.5. The van der Waals surface area contributed by atoms with Crippen molar-refractivity contribution >= 4 is 16.8 Å². The van der Waals surface area contributed by atoms with Gasteiger partial charge in [0.05, 0.1) is 25.3 Å². The van der Waals surface area contributed by atoms with E-state index in [9.17, 15) is 4.79 Å². The number of ether oxygens (including phenoxy) is 2. The maximum Gasteiger partial charge on any atom is 0.255 e. The van der Waals surface area contributed by atoms with Gasteiger partial charge in [-0.2, -0.15) is 0 Å². The van der Waals surface area contributed by atoms with Crippen molar-refractivity contribution in [2.24, 2.45) is 0 Å². The molecule has 0 aliphatic carbocycles. The zero-order valence-electron chi connectivity index (χ0n) is 14.9. The molecule has 0 radical (unpaired) electrons. The summed E-state index contributed by atoms with van der Waals surface area (Å²) in [5.41, 5.74) is 3.80. The van der Waals surface area contributed by atoms with Crippen LogP contribution in [0.5, 0.6) is 11.5 Å². The van der Waals surface area contributed by atoms with Gasteiger partial charge in [-0.1, -0.05) is 18.2 Å². The predicted octanol–water partition coefficient (Wildman–Crippen LogP) is 3.45. The number of aromatic nitrogens is 1. The van der Waals surface area contributed by atoms with Crippen LogP contribution in [0.1, 0.15) is 21.5 Å². The Balaban J connectivity index is 1.62. The summed E-state index contributed by atoms with van der Waals surface area (Å²) in [6, 6.07) is 13.7. The molecule has 1 aromatic heterocycles. The van der Waals surface area contributed by atoms with E-state index in [1.807, 2.05) is 47.4 Å². The highest BCUT2D eigenvalue weighted by Gasteiger charge is 2.24. The van der Waals surface area contributed by atoms with Crippen LogP contribution in [0.4, 0.5) is 0 Å². The first kappa shape index (κ1) is 16.4. The van der Waals surface area contributed by atoms with E-state index < -0.39 is 0 Å². The van der Waals surface area contributed by atoms with Gasteiger partial charge >= 0.3 is 0 Å². The average molecular weight is 348 g/mol. The minimum absolute atomic E-state index is 0.00341. The summed E-state index contributed by atoms with van der Waals surface area (Å²) in [7, 11) is 3.26. The highest BCUT2D eigenvalue weighted by Crippen LogP contribution is 2.33. The summed E-state index contributed by atoms with van der Waals surface area (Å²) >= 11 is 0. The standard InChI is InChI=1S/C21H20N2O3/c1-25-19-10-14-7-8-23(13-17(14)11-20(19)26-2)21(24)16-9-15-5-3-4-6-18(15)22-12-16/h3-6,9-12H,7-8,13H2,1-2H3. The van der Waals surface area contributed by atoms with Crippen molar-refractivity contribution in [3.05, 3.63) is 65.4 Å². The maximum atomic E-state index is 13.0. The van der Waals surface area contributed by atoms with Crippen molar-refractivity contribution < 1.29 is 14.3 Å². The van der Waals surface area contributed by atoms with E-state index in [1.165, 1.54) is 5.56 Å². The Bertz CT molecular complexity index is 984. The summed E-state index contributed by atoms with van der Waals surface area (Å²) in [6.45, 7) is 1.23. The van der Waals surface area contributed by atoms with Crippen LogP contribution in [0.25, 0.3) is 10.9 Å². The SMILES string of the molecule is COc1cc2c(cc1OC)CN(C(=O)c1cnc3ccccc3c1)CC2. The molecule has 2 heterocycles. The fraction of sp³-hybridized carbons (Fsp3) is 0.238. The third-order valence-corrected chi connectivity index (χ3v) is 4.84. The third kappa shape index (κ3) is 2.86. The van der Waals surface area contributed by atoms with Gasteiger partial charge in [0.1, 0.15) is 0 Å². The lowest BCUT2D eigenvalue weighted by Crippen LogP contribution is -2.36. The first-order chi connectivity index (χ1) is 12.7.